The lowest BCUT2D eigenvalue weighted by atomic mass is 9.99. The van der Waals surface area contributed by atoms with Gasteiger partial charge in [-0.3, -0.25) is 9.59 Å². The zero-order valence-corrected chi connectivity index (χ0v) is 33.6. The molecule has 0 saturated carbocycles. The summed E-state index contributed by atoms with van der Waals surface area (Å²) >= 11 is 0. The van der Waals surface area contributed by atoms with Crippen molar-refractivity contribution in [3.8, 4) is 0 Å². The number of ether oxygens (including phenoxy) is 4. The summed E-state index contributed by atoms with van der Waals surface area (Å²) in [5.74, 6) is -0.791. The largest absolute Gasteiger partial charge is 0.463 e. The first-order valence-corrected chi connectivity index (χ1v) is 21.8. The lowest BCUT2D eigenvalue weighted by Crippen LogP contribution is -2.60. The van der Waals surface area contributed by atoms with Gasteiger partial charge in [0.2, 0.25) is 0 Å². The van der Waals surface area contributed by atoms with Crippen LogP contribution in [0.1, 0.15) is 219 Å². The quantitative estimate of drug-likeness (QED) is 0.0485. The van der Waals surface area contributed by atoms with Crippen LogP contribution in [0.5, 0.6) is 0 Å². The van der Waals surface area contributed by atoms with E-state index >= 15 is 0 Å². The molecule has 302 valence electrons. The summed E-state index contributed by atoms with van der Waals surface area (Å²) in [5.41, 5.74) is 0. The summed E-state index contributed by atoms with van der Waals surface area (Å²) < 4.78 is 22.0. The second kappa shape index (κ2) is 34.5. The van der Waals surface area contributed by atoms with Gasteiger partial charge in [-0.05, 0) is 12.8 Å². The Bertz CT molecular complexity index is 788. The number of carbonyl (C=O) groups excluding carboxylic acids is 2. The number of methoxy groups -OCH3 is 1. The molecular formula is C43H82O8. The molecule has 0 aromatic rings. The molecule has 0 bridgehead atoms. The summed E-state index contributed by atoms with van der Waals surface area (Å²) in [7, 11) is 1.39. The third-order valence-corrected chi connectivity index (χ3v) is 10.5. The molecule has 0 unspecified atom stereocenters. The Balaban J connectivity index is 2.07. The molecule has 0 aromatic heterocycles. The maximum absolute atomic E-state index is 12.5. The van der Waals surface area contributed by atoms with Crippen molar-refractivity contribution in [1.29, 1.82) is 0 Å². The van der Waals surface area contributed by atoms with Crippen molar-refractivity contribution in [3.05, 3.63) is 0 Å². The molecule has 1 aliphatic heterocycles. The topological polar surface area (TPSA) is 112 Å². The highest BCUT2D eigenvalue weighted by molar-refractivity contribution is 5.69. The van der Waals surface area contributed by atoms with Crippen LogP contribution in [0.3, 0.4) is 0 Å². The van der Waals surface area contributed by atoms with Crippen LogP contribution < -0.4 is 0 Å². The van der Waals surface area contributed by atoms with Gasteiger partial charge in [0.15, 0.2) is 12.4 Å². The van der Waals surface area contributed by atoms with Crippen LogP contribution >= 0.6 is 0 Å². The van der Waals surface area contributed by atoms with Crippen LogP contribution in [-0.2, 0) is 28.5 Å². The average molecular weight is 727 g/mol. The SMILES string of the molecule is CCCCCCCCCCCCCCCCCC(=O)OC[C@H]1O[C@H](OC)[C@H](OC(=O)CCCCCCCCCCCCCCCCC)[C@@H](O)[C@@H]1O. The Morgan fingerprint density at radius 3 is 1.18 bits per heavy atom. The van der Waals surface area contributed by atoms with E-state index in [4.69, 9.17) is 18.9 Å². The molecule has 0 spiro atoms. The predicted molar refractivity (Wildman–Crippen MR) is 208 cm³/mol. The minimum atomic E-state index is -1.41. The van der Waals surface area contributed by atoms with Crippen LogP contribution in [0.2, 0.25) is 0 Å². The summed E-state index contributed by atoms with van der Waals surface area (Å²) in [4.78, 5) is 24.9. The van der Waals surface area contributed by atoms with Gasteiger partial charge in [-0.25, -0.2) is 0 Å². The predicted octanol–water partition coefficient (Wildman–Crippen LogP) is 11.1. The molecular weight excluding hydrogens is 644 g/mol. The van der Waals surface area contributed by atoms with Gasteiger partial charge < -0.3 is 29.2 Å². The van der Waals surface area contributed by atoms with E-state index in [2.05, 4.69) is 13.8 Å². The number of hydrogen-bond acceptors (Lipinski definition) is 8. The Labute approximate surface area is 313 Å². The number of unbranched alkanes of at least 4 members (excludes halogenated alkanes) is 28. The van der Waals surface area contributed by atoms with E-state index in [0.717, 1.165) is 38.5 Å². The van der Waals surface area contributed by atoms with Gasteiger partial charge in [-0.15, -0.1) is 0 Å². The molecule has 0 aromatic carbocycles. The Hall–Kier alpha value is -1.22. The molecule has 1 heterocycles. The molecule has 0 amide bonds. The molecule has 2 N–H and O–H groups in total. The fraction of sp³-hybridized carbons (Fsp3) is 0.953. The highest BCUT2D eigenvalue weighted by Gasteiger charge is 2.47. The molecule has 1 saturated heterocycles. The molecule has 0 aliphatic carbocycles. The number of esters is 2. The number of rotatable bonds is 36. The van der Waals surface area contributed by atoms with Gasteiger partial charge in [0.25, 0.3) is 0 Å². The van der Waals surface area contributed by atoms with Crippen molar-refractivity contribution in [2.45, 2.75) is 250 Å². The summed E-state index contributed by atoms with van der Waals surface area (Å²) in [6, 6.07) is 0. The lowest BCUT2D eigenvalue weighted by molar-refractivity contribution is -0.298. The van der Waals surface area contributed by atoms with Crippen molar-refractivity contribution < 1.29 is 38.7 Å². The van der Waals surface area contributed by atoms with E-state index in [1.807, 2.05) is 0 Å². The van der Waals surface area contributed by atoms with Crippen LogP contribution in [0.4, 0.5) is 0 Å². The first kappa shape index (κ1) is 47.8. The minimum Gasteiger partial charge on any atom is -0.463 e. The van der Waals surface area contributed by atoms with E-state index in [9.17, 15) is 19.8 Å². The van der Waals surface area contributed by atoms with Gasteiger partial charge in [0, 0.05) is 20.0 Å². The third-order valence-electron chi connectivity index (χ3n) is 10.5. The third kappa shape index (κ3) is 26.2. The van der Waals surface area contributed by atoms with Crippen molar-refractivity contribution in [1.82, 2.24) is 0 Å². The average Bonchev–Trinajstić information content (AvgIpc) is 3.13. The Kier molecular flexibility index (Phi) is 32.4. The first-order chi connectivity index (χ1) is 24.9. The van der Waals surface area contributed by atoms with E-state index in [1.165, 1.54) is 161 Å². The van der Waals surface area contributed by atoms with E-state index < -0.39 is 36.7 Å². The molecule has 51 heavy (non-hydrogen) atoms. The maximum Gasteiger partial charge on any atom is 0.306 e. The first-order valence-electron chi connectivity index (χ1n) is 21.8. The van der Waals surface area contributed by atoms with Crippen LogP contribution in [0.15, 0.2) is 0 Å². The molecule has 8 nitrogen and oxygen atoms in total. The standard InChI is InChI=1S/C43H82O8/c1-4-6-8-10-12-14-16-18-20-22-24-26-28-30-32-34-38(44)49-36-37-40(46)41(47)42(43(48-3)50-37)51-39(45)35-33-31-29-27-25-23-21-19-17-15-13-11-9-7-5-2/h37,40-43,46-47H,4-36H2,1-3H3/t37-,40-,41+,42-,43+/m1/s1. The van der Waals surface area contributed by atoms with Crippen molar-refractivity contribution in [2.24, 2.45) is 0 Å². The lowest BCUT2D eigenvalue weighted by Gasteiger charge is -2.41. The molecule has 1 rings (SSSR count). The van der Waals surface area contributed by atoms with Gasteiger partial charge >= 0.3 is 11.9 Å². The van der Waals surface area contributed by atoms with Gasteiger partial charge in [0.1, 0.15) is 24.9 Å². The molecule has 5 atom stereocenters. The zero-order chi connectivity index (χ0) is 37.2. The number of aliphatic hydroxyl groups excluding tert-OH is 2. The highest BCUT2D eigenvalue weighted by Crippen LogP contribution is 2.26. The Morgan fingerprint density at radius 1 is 0.490 bits per heavy atom. The molecule has 8 heteroatoms. The number of carbonyl (C=O) groups is 2. The second-order valence-corrected chi connectivity index (χ2v) is 15.3. The van der Waals surface area contributed by atoms with Gasteiger partial charge in [-0.1, -0.05) is 194 Å². The summed E-state index contributed by atoms with van der Waals surface area (Å²) in [5, 5.41) is 21.4. The zero-order valence-electron chi connectivity index (χ0n) is 33.6. The van der Waals surface area contributed by atoms with Crippen LogP contribution in [0, 0.1) is 0 Å². The fourth-order valence-corrected chi connectivity index (χ4v) is 7.10. The van der Waals surface area contributed by atoms with E-state index in [1.54, 1.807) is 0 Å². The van der Waals surface area contributed by atoms with Gasteiger partial charge in [0.05, 0.1) is 0 Å². The van der Waals surface area contributed by atoms with E-state index in [0.29, 0.717) is 6.42 Å². The van der Waals surface area contributed by atoms with E-state index in [-0.39, 0.29) is 19.0 Å². The van der Waals surface area contributed by atoms with Crippen LogP contribution in [0.25, 0.3) is 0 Å². The maximum atomic E-state index is 12.5. The fourth-order valence-electron chi connectivity index (χ4n) is 7.10. The summed E-state index contributed by atoms with van der Waals surface area (Å²) in [6.45, 7) is 4.33. The minimum absolute atomic E-state index is 0.199. The summed E-state index contributed by atoms with van der Waals surface area (Å²) in [6.07, 6.45) is 32.3. The van der Waals surface area contributed by atoms with Crippen molar-refractivity contribution in [2.75, 3.05) is 13.7 Å². The van der Waals surface area contributed by atoms with Crippen LogP contribution in [-0.4, -0.2) is 66.6 Å². The van der Waals surface area contributed by atoms with Crippen molar-refractivity contribution in [3.63, 3.8) is 0 Å². The Morgan fingerprint density at radius 2 is 0.824 bits per heavy atom. The van der Waals surface area contributed by atoms with Crippen molar-refractivity contribution >= 4 is 11.9 Å². The normalized spacial score (nSPS) is 20.5. The van der Waals surface area contributed by atoms with Gasteiger partial charge in [-0.2, -0.15) is 0 Å². The number of hydrogen-bond donors (Lipinski definition) is 2. The highest BCUT2D eigenvalue weighted by atomic mass is 16.7. The second-order valence-electron chi connectivity index (χ2n) is 15.3. The monoisotopic (exact) mass is 727 g/mol. The molecule has 0 radical (unpaired) electrons. The smallest absolute Gasteiger partial charge is 0.306 e. The molecule has 1 fully saturated rings. The molecule has 1 aliphatic rings. The number of aliphatic hydroxyl groups is 2.